The van der Waals surface area contributed by atoms with Gasteiger partial charge in [-0.05, 0) is 43.2 Å². The molecule has 0 saturated heterocycles. The molecule has 0 radical (unpaired) electrons. The van der Waals surface area contributed by atoms with Crippen LogP contribution in [0.15, 0.2) is 36.4 Å². The molecule has 0 spiro atoms. The highest BCUT2D eigenvalue weighted by atomic mass is 16.7. The molecule has 1 aromatic carbocycles. The Kier molecular flexibility index (Phi) is 2.62. The first-order valence-corrected chi connectivity index (χ1v) is 5.66. The van der Waals surface area contributed by atoms with Gasteiger partial charge in [0.2, 0.25) is 6.79 Å². The molecule has 0 fully saturated rings. The molecule has 3 rings (SSSR count). The number of ether oxygens (including phenoxy) is 2. The fourth-order valence-electron chi connectivity index (χ4n) is 1.72. The van der Waals surface area contributed by atoms with E-state index >= 15 is 0 Å². The molecule has 1 aliphatic rings. The van der Waals surface area contributed by atoms with Crippen molar-refractivity contribution < 1.29 is 9.47 Å². The Morgan fingerprint density at radius 3 is 2.83 bits per heavy atom. The Morgan fingerprint density at radius 2 is 1.94 bits per heavy atom. The summed E-state index contributed by atoms with van der Waals surface area (Å²) < 4.78 is 10.6. The van der Waals surface area contributed by atoms with Crippen molar-refractivity contribution in [1.82, 2.24) is 4.98 Å². The van der Waals surface area contributed by atoms with Gasteiger partial charge in [0.25, 0.3) is 0 Å². The zero-order valence-corrected chi connectivity index (χ0v) is 9.93. The molecular weight excluding hydrogens is 226 g/mol. The van der Waals surface area contributed by atoms with Crippen LogP contribution in [0.25, 0.3) is 0 Å². The van der Waals surface area contributed by atoms with Gasteiger partial charge < -0.3 is 9.47 Å². The van der Waals surface area contributed by atoms with E-state index in [1.807, 2.05) is 43.3 Å². The second-order valence-corrected chi connectivity index (χ2v) is 3.98. The van der Waals surface area contributed by atoms with Crippen LogP contribution in [0.3, 0.4) is 0 Å². The molecule has 0 saturated carbocycles. The molecule has 0 unspecified atom stereocenters. The maximum Gasteiger partial charge on any atom is 0.231 e. The highest BCUT2D eigenvalue weighted by Gasteiger charge is 2.12. The highest BCUT2D eigenvalue weighted by Crippen LogP contribution is 2.32. The van der Waals surface area contributed by atoms with Gasteiger partial charge in [-0.15, -0.1) is 0 Å². The minimum atomic E-state index is 0.283. The Labute approximate surface area is 105 Å². The van der Waals surface area contributed by atoms with Crippen molar-refractivity contribution in [2.75, 3.05) is 6.79 Å². The van der Waals surface area contributed by atoms with Crippen LogP contribution in [0.5, 0.6) is 11.5 Å². The Bertz CT molecular complexity index is 653. The molecule has 1 aliphatic heterocycles. The molecule has 0 bridgehead atoms. The van der Waals surface area contributed by atoms with E-state index in [-0.39, 0.29) is 6.79 Å². The van der Waals surface area contributed by atoms with Crippen molar-refractivity contribution in [1.29, 1.82) is 0 Å². The fourth-order valence-corrected chi connectivity index (χ4v) is 1.72. The normalized spacial score (nSPS) is 11.8. The Morgan fingerprint density at radius 1 is 1.06 bits per heavy atom. The van der Waals surface area contributed by atoms with E-state index in [2.05, 4.69) is 16.8 Å². The lowest BCUT2D eigenvalue weighted by Gasteiger charge is -1.95. The van der Waals surface area contributed by atoms with Crippen LogP contribution in [-0.2, 0) is 0 Å². The average molecular weight is 237 g/mol. The van der Waals surface area contributed by atoms with E-state index in [4.69, 9.17) is 9.47 Å². The molecular formula is C15H11NO2. The van der Waals surface area contributed by atoms with Crippen molar-refractivity contribution in [3.05, 3.63) is 53.3 Å². The van der Waals surface area contributed by atoms with E-state index in [9.17, 15) is 0 Å². The lowest BCUT2D eigenvalue weighted by molar-refractivity contribution is 0.174. The summed E-state index contributed by atoms with van der Waals surface area (Å²) in [4.78, 5) is 4.33. The predicted octanol–water partition coefficient (Wildman–Crippen LogP) is 2.52. The van der Waals surface area contributed by atoms with E-state index in [0.717, 1.165) is 28.5 Å². The number of hydrogen-bond donors (Lipinski definition) is 0. The van der Waals surface area contributed by atoms with Gasteiger partial charge in [0, 0.05) is 11.3 Å². The summed E-state index contributed by atoms with van der Waals surface area (Å²) in [7, 11) is 0. The second-order valence-electron chi connectivity index (χ2n) is 3.98. The molecule has 3 nitrogen and oxygen atoms in total. The van der Waals surface area contributed by atoms with E-state index in [1.165, 1.54) is 0 Å². The third-order valence-electron chi connectivity index (χ3n) is 2.60. The summed E-state index contributed by atoms with van der Waals surface area (Å²) in [5.74, 6) is 7.63. The van der Waals surface area contributed by atoms with Crippen LogP contribution >= 0.6 is 0 Å². The van der Waals surface area contributed by atoms with Crippen LogP contribution < -0.4 is 9.47 Å². The zero-order chi connectivity index (χ0) is 12.4. The minimum Gasteiger partial charge on any atom is -0.454 e. The molecule has 1 aromatic heterocycles. The highest BCUT2D eigenvalue weighted by molar-refractivity contribution is 5.50. The molecule has 3 heteroatoms. The van der Waals surface area contributed by atoms with Crippen LogP contribution in [0.2, 0.25) is 0 Å². The first-order chi connectivity index (χ1) is 8.81. The summed E-state index contributed by atoms with van der Waals surface area (Å²) in [6.45, 7) is 2.23. The van der Waals surface area contributed by atoms with E-state index in [0.29, 0.717) is 0 Å². The minimum absolute atomic E-state index is 0.283. The van der Waals surface area contributed by atoms with Crippen molar-refractivity contribution in [3.63, 3.8) is 0 Å². The monoisotopic (exact) mass is 237 g/mol. The van der Waals surface area contributed by atoms with Gasteiger partial charge in [-0.3, -0.25) is 0 Å². The van der Waals surface area contributed by atoms with E-state index < -0.39 is 0 Å². The van der Waals surface area contributed by atoms with Crippen molar-refractivity contribution >= 4 is 0 Å². The largest absolute Gasteiger partial charge is 0.454 e. The van der Waals surface area contributed by atoms with Gasteiger partial charge in [-0.25, -0.2) is 4.98 Å². The maximum atomic E-state index is 5.30. The SMILES string of the molecule is Cc1cccc(C#Cc2ccc3c(c2)OCO3)n1. The molecule has 88 valence electrons. The summed E-state index contributed by atoms with van der Waals surface area (Å²) in [6, 6.07) is 11.5. The number of pyridine rings is 1. The summed E-state index contributed by atoms with van der Waals surface area (Å²) >= 11 is 0. The first kappa shape index (κ1) is 10.7. The van der Waals surface area contributed by atoms with Crippen LogP contribution in [0.4, 0.5) is 0 Å². The summed E-state index contributed by atoms with van der Waals surface area (Å²) in [5, 5.41) is 0. The second kappa shape index (κ2) is 4.42. The third kappa shape index (κ3) is 2.14. The van der Waals surface area contributed by atoms with Crippen molar-refractivity contribution in [2.24, 2.45) is 0 Å². The van der Waals surface area contributed by atoms with Crippen LogP contribution in [0, 0.1) is 18.8 Å². The quantitative estimate of drug-likeness (QED) is 0.660. The number of nitrogens with zero attached hydrogens (tertiary/aromatic N) is 1. The molecule has 2 aromatic rings. The summed E-state index contributed by atoms with van der Waals surface area (Å²) in [5.41, 5.74) is 2.63. The lowest BCUT2D eigenvalue weighted by atomic mass is 10.2. The van der Waals surface area contributed by atoms with Crippen molar-refractivity contribution in [2.45, 2.75) is 6.92 Å². The number of aryl methyl sites for hydroxylation is 1. The number of fused-ring (bicyclic) bond motifs is 1. The van der Waals surface area contributed by atoms with Crippen LogP contribution in [-0.4, -0.2) is 11.8 Å². The molecule has 0 N–H and O–H groups in total. The number of rotatable bonds is 0. The molecule has 0 amide bonds. The van der Waals surface area contributed by atoms with Gasteiger partial charge in [0.05, 0.1) is 0 Å². The molecule has 18 heavy (non-hydrogen) atoms. The van der Waals surface area contributed by atoms with E-state index in [1.54, 1.807) is 0 Å². The van der Waals surface area contributed by atoms with Gasteiger partial charge in [0.15, 0.2) is 11.5 Å². The fraction of sp³-hybridized carbons (Fsp3) is 0.133. The standard InChI is InChI=1S/C15H11NO2/c1-11-3-2-4-13(16-11)7-5-12-6-8-14-15(9-12)18-10-17-14/h2-4,6,8-9H,10H2,1H3. The van der Waals surface area contributed by atoms with Gasteiger partial charge in [-0.2, -0.15) is 0 Å². The van der Waals surface area contributed by atoms with Gasteiger partial charge >= 0.3 is 0 Å². The zero-order valence-electron chi connectivity index (χ0n) is 9.93. The molecule has 2 heterocycles. The smallest absolute Gasteiger partial charge is 0.231 e. The predicted molar refractivity (Wildman–Crippen MR) is 67.5 cm³/mol. The number of hydrogen-bond acceptors (Lipinski definition) is 3. The number of aromatic nitrogens is 1. The first-order valence-electron chi connectivity index (χ1n) is 5.66. The van der Waals surface area contributed by atoms with Gasteiger partial charge in [-0.1, -0.05) is 12.0 Å². The Balaban J connectivity index is 1.89. The maximum absolute atomic E-state index is 5.30. The third-order valence-corrected chi connectivity index (χ3v) is 2.60. The topological polar surface area (TPSA) is 31.4 Å². The molecule has 0 aliphatic carbocycles. The lowest BCUT2D eigenvalue weighted by Crippen LogP contribution is -1.92. The van der Waals surface area contributed by atoms with Crippen molar-refractivity contribution in [3.8, 4) is 23.3 Å². The van der Waals surface area contributed by atoms with Crippen LogP contribution in [0.1, 0.15) is 17.0 Å². The van der Waals surface area contributed by atoms with Gasteiger partial charge in [0.1, 0.15) is 5.69 Å². The molecule has 0 atom stereocenters. The average Bonchev–Trinajstić information content (AvgIpc) is 2.84. The number of benzene rings is 1. The Hall–Kier alpha value is -2.47. The summed E-state index contributed by atoms with van der Waals surface area (Å²) in [6.07, 6.45) is 0.